The topological polar surface area (TPSA) is 34.5 Å². The highest BCUT2D eigenvalue weighted by Gasteiger charge is 2.24. The summed E-state index contributed by atoms with van der Waals surface area (Å²) in [5.74, 6) is 0.993. The molecule has 0 saturated carbocycles. The summed E-state index contributed by atoms with van der Waals surface area (Å²) in [6, 6.07) is 12.2. The SMILES string of the molecule is COc1cccc(Cn2c(C(=O)N3CCCC3)cc3sccc32)c1. The molecule has 3 aromatic rings. The minimum Gasteiger partial charge on any atom is -0.497 e. The molecule has 3 heterocycles. The van der Waals surface area contributed by atoms with Crippen LogP contribution in [0.2, 0.25) is 0 Å². The highest BCUT2D eigenvalue weighted by Crippen LogP contribution is 2.28. The van der Waals surface area contributed by atoms with E-state index in [1.807, 2.05) is 29.2 Å². The van der Waals surface area contributed by atoms with E-state index in [0.29, 0.717) is 6.54 Å². The molecule has 0 atom stereocenters. The van der Waals surface area contributed by atoms with E-state index in [2.05, 4.69) is 22.1 Å². The van der Waals surface area contributed by atoms with E-state index in [-0.39, 0.29) is 5.91 Å². The van der Waals surface area contributed by atoms with Crippen molar-refractivity contribution in [1.29, 1.82) is 0 Å². The van der Waals surface area contributed by atoms with Crippen LogP contribution in [-0.4, -0.2) is 35.6 Å². The Morgan fingerprint density at radius 2 is 2.04 bits per heavy atom. The Morgan fingerprint density at radius 3 is 2.83 bits per heavy atom. The fourth-order valence-electron chi connectivity index (χ4n) is 3.36. The van der Waals surface area contributed by atoms with Crippen LogP contribution in [0.25, 0.3) is 10.2 Å². The van der Waals surface area contributed by atoms with Crippen LogP contribution in [-0.2, 0) is 6.54 Å². The Morgan fingerprint density at radius 1 is 1.21 bits per heavy atom. The molecule has 0 N–H and O–H groups in total. The summed E-state index contributed by atoms with van der Waals surface area (Å²) in [4.78, 5) is 14.9. The number of methoxy groups -OCH3 is 1. The largest absolute Gasteiger partial charge is 0.497 e. The Labute approximate surface area is 145 Å². The summed E-state index contributed by atoms with van der Waals surface area (Å²) in [5.41, 5.74) is 3.06. The van der Waals surface area contributed by atoms with E-state index in [4.69, 9.17) is 4.74 Å². The third kappa shape index (κ3) is 2.69. The molecule has 0 unspecified atom stereocenters. The summed E-state index contributed by atoms with van der Waals surface area (Å²) in [7, 11) is 1.67. The number of amides is 1. The van der Waals surface area contributed by atoms with Gasteiger partial charge in [-0.25, -0.2) is 0 Å². The van der Waals surface area contributed by atoms with Crippen LogP contribution >= 0.6 is 11.3 Å². The molecule has 1 amide bonds. The molecule has 1 saturated heterocycles. The van der Waals surface area contributed by atoms with Crippen molar-refractivity contribution in [2.75, 3.05) is 20.2 Å². The summed E-state index contributed by atoms with van der Waals surface area (Å²) >= 11 is 1.68. The molecule has 1 aromatic carbocycles. The van der Waals surface area contributed by atoms with E-state index in [1.54, 1.807) is 18.4 Å². The van der Waals surface area contributed by atoms with Gasteiger partial charge in [-0.3, -0.25) is 4.79 Å². The average Bonchev–Trinajstić information content (AvgIpc) is 3.33. The molecule has 5 heteroatoms. The Bertz CT molecular complexity index is 875. The first-order valence-electron chi connectivity index (χ1n) is 8.25. The zero-order valence-electron chi connectivity index (χ0n) is 13.7. The highest BCUT2D eigenvalue weighted by atomic mass is 32.1. The third-order valence-electron chi connectivity index (χ3n) is 4.61. The van der Waals surface area contributed by atoms with Crippen LogP contribution in [0.15, 0.2) is 41.8 Å². The maximum atomic E-state index is 12.9. The molecule has 0 radical (unpaired) electrons. The van der Waals surface area contributed by atoms with Gasteiger partial charge in [0.1, 0.15) is 11.4 Å². The molecule has 124 valence electrons. The molecule has 1 aliphatic rings. The number of rotatable bonds is 4. The summed E-state index contributed by atoms with van der Waals surface area (Å²) in [5, 5.41) is 2.08. The number of likely N-dealkylation sites (tertiary alicyclic amines) is 1. The van der Waals surface area contributed by atoms with Crippen molar-refractivity contribution in [3.05, 3.63) is 53.0 Å². The minimum absolute atomic E-state index is 0.152. The lowest BCUT2D eigenvalue weighted by Gasteiger charge is -2.17. The molecule has 0 spiro atoms. The summed E-state index contributed by atoms with van der Waals surface area (Å²) < 4.78 is 8.63. The van der Waals surface area contributed by atoms with Crippen molar-refractivity contribution in [2.24, 2.45) is 0 Å². The first-order valence-corrected chi connectivity index (χ1v) is 9.13. The fraction of sp³-hybridized carbons (Fsp3) is 0.316. The van der Waals surface area contributed by atoms with Gasteiger partial charge in [-0.1, -0.05) is 12.1 Å². The van der Waals surface area contributed by atoms with Crippen LogP contribution in [0.5, 0.6) is 5.75 Å². The van der Waals surface area contributed by atoms with Crippen molar-refractivity contribution < 1.29 is 9.53 Å². The maximum Gasteiger partial charge on any atom is 0.270 e. The van der Waals surface area contributed by atoms with Crippen molar-refractivity contribution >= 4 is 27.5 Å². The Hall–Kier alpha value is -2.27. The second-order valence-corrected chi connectivity index (χ2v) is 7.08. The average molecular weight is 340 g/mol. The van der Waals surface area contributed by atoms with Crippen LogP contribution in [0, 0.1) is 0 Å². The number of hydrogen-bond donors (Lipinski definition) is 0. The number of benzene rings is 1. The van der Waals surface area contributed by atoms with E-state index in [9.17, 15) is 4.79 Å². The van der Waals surface area contributed by atoms with E-state index in [0.717, 1.165) is 48.5 Å². The fourth-order valence-corrected chi connectivity index (χ4v) is 4.18. The number of carbonyl (C=O) groups excluding carboxylic acids is 1. The molecule has 4 rings (SSSR count). The van der Waals surface area contributed by atoms with Crippen molar-refractivity contribution in [3.8, 4) is 5.75 Å². The quantitative estimate of drug-likeness (QED) is 0.719. The molecule has 0 aliphatic carbocycles. The van der Waals surface area contributed by atoms with Gasteiger partial charge in [0.05, 0.1) is 17.3 Å². The van der Waals surface area contributed by atoms with Crippen molar-refractivity contribution in [2.45, 2.75) is 19.4 Å². The molecule has 1 fully saturated rings. The first kappa shape index (κ1) is 15.3. The predicted molar refractivity (Wildman–Crippen MR) is 97.0 cm³/mol. The monoisotopic (exact) mass is 340 g/mol. The van der Waals surface area contributed by atoms with Crippen LogP contribution in [0.4, 0.5) is 0 Å². The molecule has 2 aromatic heterocycles. The molecule has 0 bridgehead atoms. The van der Waals surface area contributed by atoms with Crippen LogP contribution in [0.3, 0.4) is 0 Å². The van der Waals surface area contributed by atoms with Gasteiger partial charge in [0.25, 0.3) is 5.91 Å². The predicted octanol–water partition coefficient (Wildman–Crippen LogP) is 4.00. The second-order valence-electron chi connectivity index (χ2n) is 6.14. The van der Waals surface area contributed by atoms with Crippen LogP contribution in [0.1, 0.15) is 28.9 Å². The van der Waals surface area contributed by atoms with Gasteiger partial charge in [-0.15, -0.1) is 11.3 Å². The zero-order valence-corrected chi connectivity index (χ0v) is 14.5. The van der Waals surface area contributed by atoms with Crippen LogP contribution < -0.4 is 4.74 Å². The number of hydrogen-bond acceptors (Lipinski definition) is 3. The van der Waals surface area contributed by atoms with E-state index >= 15 is 0 Å². The summed E-state index contributed by atoms with van der Waals surface area (Å²) in [6.07, 6.45) is 2.22. The minimum atomic E-state index is 0.152. The lowest BCUT2D eigenvalue weighted by atomic mass is 10.2. The number of fused-ring (bicyclic) bond motifs is 1. The molecule has 4 nitrogen and oxygen atoms in total. The molecular formula is C19H20N2O2S. The van der Waals surface area contributed by atoms with Gasteiger partial charge in [-0.2, -0.15) is 0 Å². The smallest absolute Gasteiger partial charge is 0.270 e. The lowest BCUT2D eigenvalue weighted by Crippen LogP contribution is -2.29. The second kappa shape index (κ2) is 6.32. The van der Waals surface area contributed by atoms with Crippen molar-refractivity contribution in [3.63, 3.8) is 0 Å². The molecular weight excluding hydrogens is 320 g/mol. The Balaban J connectivity index is 1.73. The Kier molecular flexibility index (Phi) is 4.02. The molecule has 24 heavy (non-hydrogen) atoms. The summed E-state index contributed by atoms with van der Waals surface area (Å²) in [6.45, 7) is 2.42. The molecule has 1 aliphatic heterocycles. The number of nitrogens with zero attached hydrogens (tertiary/aromatic N) is 2. The standard InChI is InChI=1S/C19H20N2O2S/c1-23-15-6-4-5-14(11-15)13-21-16-7-10-24-18(16)12-17(21)19(22)20-8-2-3-9-20/h4-7,10-12H,2-3,8-9,13H2,1H3. The third-order valence-corrected chi connectivity index (χ3v) is 5.46. The van der Waals surface area contributed by atoms with Gasteiger partial charge in [0, 0.05) is 19.6 Å². The van der Waals surface area contributed by atoms with E-state index in [1.165, 1.54) is 4.70 Å². The number of ether oxygens (including phenoxy) is 1. The van der Waals surface area contributed by atoms with Gasteiger partial charge in [0.15, 0.2) is 0 Å². The highest BCUT2D eigenvalue weighted by molar-refractivity contribution is 7.17. The normalized spacial score (nSPS) is 14.5. The number of carbonyl (C=O) groups is 1. The maximum absolute atomic E-state index is 12.9. The van der Waals surface area contributed by atoms with E-state index < -0.39 is 0 Å². The first-order chi connectivity index (χ1) is 11.8. The van der Waals surface area contributed by atoms with Crippen molar-refractivity contribution in [1.82, 2.24) is 9.47 Å². The zero-order chi connectivity index (χ0) is 16.5. The van der Waals surface area contributed by atoms with Gasteiger partial charge >= 0.3 is 0 Å². The van der Waals surface area contributed by atoms with Gasteiger partial charge in [-0.05, 0) is 48.1 Å². The lowest BCUT2D eigenvalue weighted by molar-refractivity contribution is 0.0783. The number of aromatic nitrogens is 1. The van der Waals surface area contributed by atoms with Gasteiger partial charge in [0.2, 0.25) is 0 Å². The number of thiophene rings is 1. The van der Waals surface area contributed by atoms with Gasteiger partial charge < -0.3 is 14.2 Å².